The molecule has 0 saturated heterocycles. The lowest BCUT2D eigenvalue weighted by molar-refractivity contribution is -0.133. The van der Waals surface area contributed by atoms with Crippen molar-refractivity contribution in [1.29, 1.82) is 0 Å². The molecule has 0 fully saturated rings. The summed E-state index contributed by atoms with van der Waals surface area (Å²) >= 11 is 0. The van der Waals surface area contributed by atoms with Crippen molar-refractivity contribution in [3.63, 3.8) is 0 Å². The van der Waals surface area contributed by atoms with Crippen molar-refractivity contribution in [1.82, 2.24) is 0 Å². The van der Waals surface area contributed by atoms with Crippen molar-refractivity contribution in [2.75, 3.05) is 16.0 Å². The van der Waals surface area contributed by atoms with E-state index in [1.54, 1.807) is 18.2 Å². The van der Waals surface area contributed by atoms with Crippen molar-refractivity contribution in [3.8, 4) is 0 Å². The van der Waals surface area contributed by atoms with Crippen LogP contribution in [0.15, 0.2) is 78.9 Å². The largest absolute Gasteiger partial charge is 0.356 e. The molecule has 0 unspecified atom stereocenters. The van der Waals surface area contributed by atoms with Gasteiger partial charge in [0.15, 0.2) is 0 Å². The van der Waals surface area contributed by atoms with E-state index in [1.165, 1.54) is 0 Å². The minimum absolute atomic E-state index is 0.151. The third kappa shape index (κ3) is 5.45. The van der Waals surface area contributed by atoms with Crippen molar-refractivity contribution in [2.24, 2.45) is 0 Å². The first kappa shape index (κ1) is 20.1. The van der Waals surface area contributed by atoms with Crippen molar-refractivity contribution >= 4 is 34.6 Å². The van der Waals surface area contributed by atoms with E-state index in [4.69, 9.17) is 0 Å². The molecule has 0 bridgehead atoms. The molecule has 0 aliphatic heterocycles. The van der Waals surface area contributed by atoms with Crippen LogP contribution in [0.2, 0.25) is 0 Å². The molecule has 0 radical (unpaired) electrons. The summed E-state index contributed by atoms with van der Waals surface area (Å²) in [4.78, 5) is 24.7. The van der Waals surface area contributed by atoms with E-state index in [1.807, 2.05) is 60.7 Å². The molecule has 0 spiro atoms. The highest BCUT2D eigenvalue weighted by Gasteiger charge is 2.21. The Morgan fingerprint density at radius 3 is 1.79 bits per heavy atom. The van der Waals surface area contributed by atoms with E-state index in [2.05, 4.69) is 36.7 Å². The molecule has 29 heavy (non-hydrogen) atoms. The van der Waals surface area contributed by atoms with Gasteiger partial charge >= 0.3 is 11.8 Å². The molecule has 3 rings (SSSR count). The monoisotopic (exact) mass is 387 g/mol. The molecule has 2 amide bonds. The van der Waals surface area contributed by atoms with Crippen LogP contribution in [0.4, 0.5) is 22.7 Å². The molecule has 148 valence electrons. The summed E-state index contributed by atoms with van der Waals surface area (Å²) in [5.41, 5.74) is 3.87. The summed E-state index contributed by atoms with van der Waals surface area (Å²) in [5.74, 6) is -1.41. The third-order valence-electron chi connectivity index (χ3n) is 4.39. The van der Waals surface area contributed by atoms with Gasteiger partial charge in [0.05, 0.1) is 0 Å². The molecule has 3 aromatic carbocycles. The Balaban J connectivity index is 1.62. The zero-order valence-electron chi connectivity index (χ0n) is 16.8. The molecule has 0 aliphatic rings. The van der Waals surface area contributed by atoms with E-state index < -0.39 is 11.8 Å². The van der Waals surface area contributed by atoms with Gasteiger partial charge in [-0.2, -0.15) is 0 Å². The van der Waals surface area contributed by atoms with Crippen molar-refractivity contribution in [3.05, 3.63) is 84.4 Å². The van der Waals surface area contributed by atoms with Gasteiger partial charge in [0.25, 0.3) is 0 Å². The summed E-state index contributed by atoms with van der Waals surface area (Å²) in [6, 6.07) is 24.5. The number of carbonyl (C=O) groups is 2. The van der Waals surface area contributed by atoms with Gasteiger partial charge in [-0.25, -0.2) is 0 Å². The average Bonchev–Trinajstić information content (AvgIpc) is 2.70. The maximum Gasteiger partial charge on any atom is 0.314 e. The molecule has 0 aromatic heterocycles. The second-order valence-corrected chi connectivity index (χ2v) is 7.77. The molecule has 5 heteroatoms. The average molecular weight is 387 g/mol. The van der Waals surface area contributed by atoms with Gasteiger partial charge in [-0.15, -0.1) is 0 Å². The lowest BCUT2D eigenvalue weighted by Crippen LogP contribution is -2.30. The van der Waals surface area contributed by atoms with Crippen LogP contribution in [0.25, 0.3) is 0 Å². The van der Waals surface area contributed by atoms with Gasteiger partial charge in [0.1, 0.15) is 0 Å². The maximum atomic E-state index is 12.4. The Hall–Kier alpha value is -3.60. The van der Waals surface area contributed by atoms with Crippen molar-refractivity contribution < 1.29 is 9.59 Å². The number of carbonyl (C=O) groups excluding carboxylic acids is 2. The van der Waals surface area contributed by atoms with Crippen LogP contribution in [0.1, 0.15) is 26.3 Å². The number of nitrogens with one attached hydrogen (secondary N) is 3. The fourth-order valence-electron chi connectivity index (χ4n) is 2.94. The smallest absolute Gasteiger partial charge is 0.314 e. The molecule has 5 nitrogen and oxygen atoms in total. The fraction of sp³-hybridized carbons (Fsp3) is 0.167. The molecular weight excluding hydrogens is 362 g/mol. The number of rotatable bonds is 4. The summed E-state index contributed by atoms with van der Waals surface area (Å²) in [6.07, 6.45) is 0. The lowest BCUT2D eigenvalue weighted by atomic mass is 9.86. The summed E-state index contributed by atoms with van der Waals surface area (Å²) < 4.78 is 0. The second kappa shape index (κ2) is 8.61. The first-order valence-electron chi connectivity index (χ1n) is 9.47. The normalized spacial score (nSPS) is 10.9. The zero-order chi connectivity index (χ0) is 20.9. The molecule has 3 N–H and O–H groups in total. The van der Waals surface area contributed by atoms with Crippen LogP contribution in [0.5, 0.6) is 0 Å². The van der Waals surface area contributed by atoms with E-state index >= 15 is 0 Å². The number of anilines is 4. The Kier molecular flexibility index (Phi) is 5.98. The van der Waals surface area contributed by atoms with Crippen LogP contribution < -0.4 is 16.0 Å². The standard InChI is InChI=1S/C24H25N3O2/c1-24(2,3)20-11-7-8-12-21(20)27-23(29)22(28)26-19-15-13-18(14-16-19)25-17-9-5-4-6-10-17/h4-16,25H,1-3H3,(H,26,28)(H,27,29). The van der Waals surface area contributed by atoms with Crippen molar-refractivity contribution in [2.45, 2.75) is 26.2 Å². The van der Waals surface area contributed by atoms with Gasteiger partial charge in [0, 0.05) is 22.7 Å². The molecule has 3 aromatic rings. The summed E-state index contributed by atoms with van der Waals surface area (Å²) in [7, 11) is 0. The number of benzene rings is 3. The minimum Gasteiger partial charge on any atom is -0.356 e. The van der Waals surface area contributed by atoms with Gasteiger partial charge < -0.3 is 16.0 Å². The van der Waals surface area contributed by atoms with Crippen LogP contribution in [-0.4, -0.2) is 11.8 Å². The van der Waals surface area contributed by atoms with E-state index in [9.17, 15) is 9.59 Å². The summed E-state index contributed by atoms with van der Waals surface area (Å²) in [5, 5.41) is 8.62. The number of hydrogen-bond acceptors (Lipinski definition) is 3. The van der Waals surface area contributed by atoms with Gasteiger partial charge in [-0.1, -0.05) is 57.2 Å². The van der Waals surface area contributed by atoms with Crippen LogP contribution in [0.3, 0.4) is 0 Å². The Labute approximate surface area is 171 Å². The zero-order valence-corrected chi connectivity index (χ0v) is 16.8. The van der Waals surface area contributed by atoms with Gasteiger partial charge in [-0.3, -0.25) is 9.59 Å². The predicted octanol–water partition coefficient (Wildman–Crippen LogP) is 5.30. The highest BCUT2D eigenvalue weighted by Crippen LogP contribution is 2.29. The molecule has 0 aliphatic carbocycles. The number of hydrogen-bond donors (Lipinski definition) is 3. The molecular formula is C24H25N3O2. The topological polar surface area (TPSA) is 70.2 Å². The highest BCUT2D eigenvalue weighted by atomic mass is 16.2. The molecule has 0 saturated carbocycles. The quantitative estimate of drug-likeness (QED) is 0.532. The first-order valence-corrected chi connectivity index (χ1v) is 9.47. The third-order valence-corrected chi connectivity index (χ3v) is 4.39. The maximum absolute atomic E-state index is 12.4. The van der Waals surface area contributed by atoms with E-state index in [-0.39, 0.29) is 5.41 Å². The molecule has 0 heterocycles. The van der Waals surface area contributed by atoms with E-state index in [0.717, 1.165) is 16.9 Å². The Morgan fingerprint density at radius 2 is 1.14 bits per heavy atom. The second-order valence-electron chi connectivity index (χ2n) is 7.77. The van der Waals surface area contributed by atoms with E-state index in [0.29, 0.717) is 11.4 Å². The SMILES string of the molecule is CC(C)(C)c1ccccc1NC(=O)C(=O)Nc1ccc(Nc2ccccc2)cc1. The van der Waals surface area contributed by atoms with Crippen LogP contribution in [-0.2, 0) is 15.0 Å². The van der Waals surface area contributed by atoms with Gasteiger partial charge in [0.2, 0.25) is 0 Å². The minimum atomic E-state index is -0.711. The lowest BCUT2D eigenvalue weighted by Gasteiger charge is -2.22. The number of para-hydroxylation sites is 2. The molecule has 0 atom stereocenters. The Bertz CT molecular complexity index is 991. The van der Waals surface area contributed by atoms with Crippen LogP contribution in [0, 0.1) is 0 Å². The predicted molar refractivity (Wildman–Crippen MR) is 119 cm³/mol. The van der Waals surface area contributed by atoms with Gasteiger partial charge in [-0.05, 0) is 53.4 Å². The fourth-order valence-corrected chi connectivity index (χ4v) is 2.94. The highest BCUT2D eigenvalue weighted by molar-refractivity contribution is 6.43. The van der Waals surface area contributed by atoms with Crippen LogP contribution >= 0.6 is 0 Å². The number of amides is 2. The summed E-state index contributed by atoms with van der Waals surface area (Å²) in [6.45, 7) is 6.18. The first-order chi connectivity index (χ1) is 13.8. The Morgan fingerprint density at radius 1 is 0.621 bits per heavy atom.